The molecule has 11 heteroatoms. The van der Waals surface area contributed by atoms with Crippen molar-refractivity contribution in [2.75, 3.05) is 38.0 Å². The molecule has 1 amide bonds. The van der Waals surface area contributed by atoms with Crippen LogP contribution < -0.4 is 20.7 Å². The highest BCUT2D eigenvalue weighted by molar-refractivity contribution is 5.67. The summed E-state index contributed by atoms with van der Waals surface area (Å²) in [5.74, 6) is 7.28. The van der Waals surface area contributed by atoms with E-state index in [4.69, 9.17) is 9.47 Å². The zero-order valence-electron chi connectivity index (χ0n) is 22.8. The first-order valence-corrected chi connectivity index (χ1v) is 12.4. The minimum atomic E-state index is -0.570. The Balaban J connectivity index is 1.61. The van der Waals surface area contributed by atoms with Gasteiger partial charge in [-0.25, -0.2) is 14.8 Å². The smallest absolute Gasteiger partial charge is 0.411 e. The summed E-state index contributed by atoms with van der Waals surface area (Å²) in [4.78, 5) is 26.1. The average molecular weight is 536 g/mol. The Morgan fingerprint density at radius 2 is 1.79 bits per heavy atom. The first kappa shape index (κ1) is 29.1. The van der Waals surface area contributed by atoms with E-state index in [1.807, 2.05) is 45.0 Å². The fourth-order valence-electron chi connectivity index (χ4n) is 3.13. The Kier molecular flexibility index (Phi) is 10.4. The van der Waals surface area contributed by atoms with Gasteiger partial charge in [0.15, 0.2) is 5.82 Å². The van der Waals surface area contributed by atoms with E-state index in [0.29, 0.717) is 42.7 Å². The number of carbonyl (C=O) groups is 1. The fourth-order valence-corrected chi connectivity index (χ4v) is 3.13. The van der Waals surface area contributed by atoms with Crippen molar-refractivity contribution in [2.45, 2.75) is 39.2 Å². The number of rotatable bonds is 10. The van der Waals surface area contributed by atoms with Crippen LogP contribution in [0.25, 0.3) is 0 Å². The number of carbonyl (C=O) groups excluding carboxylic acids is 1. The zero-order valence-corrected chi connectivity index (χ0v) is 22.8. The lowest BCUT2D eigenvalue weighted by molar-refractivity contribution is 0.0286. The quantitative estimate of drug-likeness (QED) is 0.142. The summed E-state index contributed by atoms with van der Waals surface area (Å²) in [5, 5.41) is 9.50. The molecule has 206 valence electrons. The molecule has 0 bridgehead atoms. The van der Waals surface area contributed by atoms with E-state index in [1.54, 1.807) is 26.4 Å². The van der Waals surface area contributed by atoms with Gasteiger partial charge in [-0.15, -0.1) is 0 Å². The summed E-state index contributed by atoms with van der Waals surface area (Å²) in [5.41, 5.74) is 1.44. The Hall–Kier alpha value is -4.43. The summed E-state index contributed by atoms with van der Waals surface area (Å²) in [7, 11) is 3.29. The summed E-state index contributed by atoms with van der Waals surface area (Å²) >= 11 is 0. The van der Waals surface area contributed by atoms with E-state index in [1.165, 1.54) is 17.2 Å². The number of anilines is 4. The molecule has 3 aromatic rings. The van der Waals surface area contributed by atoms with Crippen LogP contribution in [-0.4, -0.2) is 58.9 Å². The molecule has 0 aliphatic heterocycles. The second-order valence-corrected chi connectivity index (χ2v) is 9.55. The largest absolute Gasteiger partial charge is 0.497 e. The van der Waals surface area contributed by atoms with Crippen molar-refractivity contribution in [3.05, 3.63) is 60.3 Å². The number of nitrogens with zero attached hydrogens (tertiary/aromatic N) is 4. The van der Waals surface area contributed by atoms with Crippen LogP contribution in [0.2, 0.25) is 0 Å². The Morgan fingerprint density at radius 1 is 1.05 bits per heavy atom. The summed E-state index contributed by atoms with van der Waals surface area (Å²) in [6.45, 7) is 6.57. The topological polar surface area (TPSA) is 114 Å². The Morgan fingerprint density at radius 3 is 2.46 bits per heavy atom. The molecule has 0 unspecified atom stereocenters. The highest BCUT2D eigenvalue weighted by Crippen LogP contribution is 2.23. The highest BCUT2D eigenvalue weighted by Gasteiger charge is 2.19. The van der Waals surface area contributed by atoms with E-state index < -0.39 is 11.5 Å². The molecule has 0 fully saturated rings. The third-order valence-corrected chi connectivity index (χ3v) is 5.06. The fraction of sp³-hybridized carbons (Fsp3) is 0.357. The van der Waals surface area contributed by atoms with Gasteiger partial charge in [-0.3, -0.25) is 10.2 Å². The van der Waals surface area contributed by atoms with Crippen LogP contribution in [0, 0.1) is 17.8 Å². The van der Waals surface area contributed by atoms with Gasteiger partial charge in [-0.2, -0.15) is 9.37 Å². The van der Waals surface area contributed by atoms with Gasteiger partial charge in [0, 0.05) is 19.2 Å². The van der Waals surface area contributed by atoms with E-state index in [0.717, 1.165) is 17.9 Å². The molecule has 0 spiro atoms. The van der Waals surface area contributed by atoms with Gasteiger partial charge in [-0.05, 0) is 70.1 Å². The standard InChI is InChI=1S/C28H34FN7O3/c1-28(2,3)39-27(37)36(4)19-30-16-8-6-7-9-20-17-32-26(34-22-12-15-24(29)31-18-22)35-25(20)33-21-10-13-23(38-5)14-11-21/h10-15,17-18,30H,6,8,16,19H2,1-5H3,(H2,32,33,34,35). The number of halogens is 1. The molecule has 0 aliphatic rings. The lowest BCUT2D eigenvalue weighted by Gasteiger charge is -2.24. The van der Waals surface area contributed by atoms with E-state index in [9.17, 15) is 9.18 Å². The van der Waals surface area contributed by atoms with Crippen LogP contribution in [-0.2, 0) is 4.74 Å². The molecule has 3 N–H and O–H groups in total. The summed E-state index contributed by atoms with van der Waals surface area (Å²) in [6, 6.07) is 10.2. The molecule has 39 heavy (non-hydrogen) atoms. The SMILES string of the molecule is COc1ccc(Nc2nc(Nc3ccc(F)nc3)ncc2C#CCCCNCN(C)C(=O)OC(C)(C)C)cc1. The Bertz CT molecular complexity index is 1280. The van der Waals surface area contributed by atoms with Gasteiger partial charge in [0.1, 0.15) is 11.4 Å². The number of hydrogen-bond acceptors (Lipinski definition) is 9. The molecule has 2 aromatic heterocycles. The van der Waals surface area contributed by atoms with E-state index >= 15 is 0 Å². The molecule has 3 rings (SSSR count). The van der Waals surface area contributed by atoms with Crippen LogP contribution in [0.4, 0.5) is 32.3 Å². The first-order valence-electron chi connectivity index (χ1n) is 12.4. The van der Waals surface area contributed by atoms with Crippen LogP contribution >= 0.6 is 0 Å². The molecule has 0 saturated heterocycles. The van der Waals surface area contributed by atoms with E-state index in [2.05, 4.69) is 42.7 Å². The second-order valence-electron chi connectivity index (χ2n) is 9.55. The third kappa shape index (κ3) is 10.1. The normalized spacial score (nSPS) is 10.7. The monoisotopic (exact) mass is 535 g/mol. The molecule has 0 atom stereocenters. The maximum Gasteiger partial charge on any atom is 0.411 e. The van der Waals surface area contributed by atoms with Crippen molar-refractivity contribution in [3.8, 4) is 17.6 Å². The summed E-state index contributed by atoms with van der Waals surface area (Å²) < 4.78 is 23.7. The number of nitrogens with one attached hydrogen (secondary N) is 3. The van der Waals surface area contributed by atoms with Crippen molar-refractivity contribution >= 4 is 29.2 Å². The number of benzene rings is 1. The number of pyridine rings is 1. The number of hydrogen-bond donors (Lipinski definition) is 3. The molecule has 2 heterocycles. The molecule has 1 aromatic carbocycles. The molecule has 0 saturated carbocycles. The maximum absolute atomic E-state index is 13.1. The van der Waals surface area contributed by atoms with Gasteiger partial charge in [0.25, 0.3) is 0 Å². The molecule has 10 nitrogen and oxygen atoms in total. The van der Waals surface area contributed by atoms with Crippen molar-refractivity contribution in [3.63, 3.8) is 0 Å². The van der Waals surface area contributed by atoms with Crippen LogP contribution in [0.15, 0.2) is 48.8 Å². The lowest BCUT2D eigenvalue weighted by Crippen LogP contribution is -2.39. The molecular formula is C28H34FN7O3. The number of ether oxygens (including phenoxy) is 2. The molecule has 0 aliphatic carbocycles. The average Bonchev–Trinajstić information content (AvgIpc) is 2.90. The summed E-state index contributed by atoms with van der Waals surface area (Å²) in [6.07, 6.45) is 4.03. The van der Waals surface area contributed by atoms with Crippen molar-refractivity contribution in [2.24, 2.45) is 0 Å². The van der Waals surface area contributed by atoms with Crippen LogP contribution in [0.3, 0.4) is 0 Å². The number of methoxy groups -OCH3 is 1. The van der Waals surface area contributed by atoms with Crippen molar-refractivity contribution < 1.29 is 18.7 Å². The minimum absolute atomic E-state index is 0.309. The molecule has 0 radical (unpaired) electrons. The van der Waals surface area contributed by atoms with Gasteiger partial charge < -0.3 is 20.1 Å². The number of aromatic nitrogens is 3. The van der Waals surface area contributed by atoms with E-state index in [-0.39, 0.29) is 6.09 Å². The van der Waals surface area contributed by atoms with Crippen molar-refractivity contribution in [1.29, 1.82) is 0 Å². The number of amides is 1. The molecular weight excluding hydrogens is 501 g/mol. The second kappa shape index (κ2) is 13.9. The first-order chi connectivity index (χ1) is 18.6. The third-order valence-electron chi connectivity index (χ3n) is 5.06. The predicted molar refractivity (Wildman–Crippen MR) is 149 cm³/mol. The van der Waals surface area contributed by atoms with Gasteiger partial charge in [0.05, 0.1) is 37.4 Å². The van der Waals surface area contributed by atoms with Gasteiger partial charge in [0.2, 0.25) is 11.9 Å². The Labute approximate surface area is 228 Å². The lowest BCUT2D eigenvalue weighted by atomic mass is 10.2. The van der Waals surface area contributed by atoms with Gasteiger partial charge >= 0.3 is 6.09 Å². The van der Waals surface area contributed by atoms with Crippen molar-refractivity contribution in [1.82, 2.24) is 25.2 Å². The predicted octanol–water partition coefficient (Wildman–Crippen LogP) is 5.05. The van der Waals surface area contributed by atoms with Crippen LogP contribution in [0.1, 0.15) is 39.2 Å². The minimum Gasteiger partial charge on any atom is -0.497 e. The van der Waals surface area contributed by atoms with Crippen LogP contribution in [0.5, 0.6) is 5.75 Å². The number of unbranched alkanes of at least 4 members (excludes halogenated alkanes) is 1. The maximum atomic E-state index is 13.1. The zero-order chi connectivity index (χ0) is 28.3. The highest BCUT2D eigenvalue weighted by atomic mass is 19.1. The van der Waals surface area contributed by atoms with Gasteiger partial charge in [-0.1, -0.05) is 11.8 Å².